The first-order valence-electron chi connectivity index (χ1n) is 10.2. The molecule has 0 amide bonds. The van der Waals surface area contributed by atoms with E-state index >= 15 is 0 Å². The largest absolute Gasteiger partial charge is 0.497 e. The Kier molecular flexibility index (Phi) is 9.89. The molecule has 0 saturated carbocycles. The maximum Gasteiger partial charge on any atom is 0.191 e. The van der Waals surface area contributed by atoms with Gasteiger partial charge in [-0.1, -0.05) is 0 Å². The van der Waals surface area contributed by atoms with Crippen LogP contribution in [0.3, 0.4) is 0 Å². The van der Waals surface area contributed by atoms with Crippen molar-refractivity contribution in [3.05, 3.63) is 39.5 Å². The number of halogens is 1. The minimum Gasteiger partial charge on any atom is -0.497 e. The van der Waals surface area contributed by atoms with Gasteiger partial charge in [0, 0.05) is 41.2 Å². The molecule has 170 valence electrons. The van der Waals surface area contributed by atoms with Crippen molar-refractivity contribution in [3.8, 4) is 11.5 Å². The fraction of sp³-hybridized carbons (Fsp3) is 0.455. The van der Waals surface area contributed by atoms with Crippen molar-refractivity contribution in [2.75, 3.05) is 27.3 Å². The molecule has 0 spiro atoms. The van der Waals surface area contributed by atoms with Crippen molar-refractivity contribution < 1.29 is 9.47 Å². The second kappa shape index (κ2) is 12.1. The highest BCUT2D eigenvalue weighted by Crippen LogP contribution is 2.31. The van der Waals surface area contributed by atoms with E-state index in [0.29, 0.717) is 6.54 Å². The number of nitrogens with one attached hydrogen (secondary N) is 3. The number of guanidine groups is 1. The Morgan fingerprint density at radius 3 is 2.61 bits per heavy atom. The normalized spacial score (nSPS) is 11.3. The summed E-state index contributed by atoms with van der Waals surface area (Å²) in [7, 11) is 3.34. The van der Waals surface area contributed by atoms with Crippen LogP contribution in [-0.2, 0) is 13.0 Å². The predicted octanol–water partition coefficient (Wildman–Crippen LogP) is 4.56. The fourth-order valence-electron chi connectivity index (χ4n) is 3.24. The Bertz CT molecular complexity index is 995. The molecule has 0 aliphatic heterocycles. The predicted molar refractivity (Wildman–Crippen MR) is 140 cm³/mol. The van der Waals surface area contributed by atoms with Crippen molar-refractivity contribution in [3.63, 3.8) is 0 Å². The van der Waals surface area contributed by atoms with Gasteiger partial charge in [0.15, 0.2) is 5.96 Å². The number of H-pyrrole nitrogens is 1. The molecule has 0 saturated heterocycles. The van der Waals surface area contributed by atoms with Crippen LogP contribution in [0.1, 0.15) is 34.6 Å². The molecule has 31 heavy (non-hydrogen) atoms. The molecule has 0 fully saturated rings. The number of rotatable bonds is 9. The zero-order valence-corrected chi connectivity index (χ0v) is 21.9. The van der Waals surface area contributed by atoms with Crippen LogP contribution in [0.4, 0.5) is 0 Å². The third kappa shape index (κ3) is 6.73. The van der Waals surface area contributed by atoms with Crippen LogP contribution in [0.2, 0.25) is 0 Å². The maximum atomic E-state index is 5.50. The summed E-state index contributed by atoms with van der Waals surface area (Å²) in [6.45, 7) is 8.46. The number of aliphatic imine (C=N–C) groups is 1. The van der Waals surface area contributed by atoms with E-state index in [1.165, 1.54) is 10.6 Å². The molecule has 3 N–H and O–H groups in total. The lowest BCUT2D eigenvalue weighted by molar-refractivity contribution is 0.398. The van der Waals surface area contributed by atoms with Crippen LogP contribution in [0, 0.1) is 13.8 Å². The number of hydrogen-bond donors (Lipinski definition) is 3. The second-order valence-corrected chi connectivity index (χ2v) is 8.35. The first-order chi connectivity index (χ1) is 14.5. The molecule has 0 unspecified atom stereocenters. The molecule has 9 heteroatoms. The van der Waals surface area contributed by atoms with Crippen LogP contribution in [0.25, 0.3) is 10.9 Å². The minimum absolute atomic E-state index is 0. The SMILES string of the molecule is CCNC(=NCc1nc(C)c(C)s1)NCCCc1cc2c(OC)cc(OC)cc2[nH]1.I. The van der Waals surface area contributed by atoms with Crippen LogP contribution >= 0.6 is 35.3 Å². The van der Waals surface area contributed by atoms with Crippen LogP contribution in [0.5, 0.6) is 11.5 Å². The molecular formula is C22H32IN5O2S. The highest BCUT2D eigenvalue weighted by atomic mass is 127. The van der Waals surface area contributed by atoms with Gasteiger partial charge < -0.3 is 25.1 Å². The van der Waals surface area contributed by atoms with Gasteiger partial charge in [0.2, 0.25) is 0 Å². The standard InChI is InChI=1S/C22H31N5O2S.HI/c1-6-23-22(25-13-21-26-14(2)15(3)30-21)24-9-7-8-16-10-18-19(27-16)11-17(28-4)12-20(18)29-5;/h10-12,27H,6-9,13H2,1-5H3,(H2,23,24,25);1H. The summed E-state index contributed by atoms with van der Waals surface area (Å²) in [5, 5.41) is 8.83. The van der Waals surface area contributed by atoms with Crippen molar-refractivity contribution in [2.45, 2.75) is 40.2 Å². The fourth-order valence-corrected chi connectivity index (χ4v) is 4.10. The number of fused-ring (bicyclic) bond motifs is 1. The van der Waals surface area contributed by atoms with E-state index in [0.717, 1.165) is 65.0 Å². The highest BCUT2D eigenvalue weighted by Gasteiger charge is 2.09. The van der Waals surface area contributed by atoms with Gasteiger partial charge in [0.1, 0.15) is 16.5 Å². The average Bonchev–Trinajstić information content (AvgIpc) is 3.30. The molecule has 3 aromatic rings. The molecule has 7 nitrogen and oxygen atoms in total. The Morgan fingerprint density at radius 2 is 1.97 bits per heavy atom. The Morgan fingerprint density at radius 1 is 1.16 bits per heavy atom. The number of benzene rings is 1. The van der Waals surface area contributed by atoms with E-state index in [2.05, 4.69) is 45.5 Å². The number of ether oxygens (including phenoxy) is 2. The zero-order valence-electron chi connectivity index (χ0n) is 18.8. The molecule has 3 rings (SSSR count). The average molecular weight is 558 g/mol. The van der Waals surface area contributed by atoms with Gasteiger partial charge in [0.05, 0.1) is 32.0 Å². The lowest BCUT2D eigenvalue weighted by Gasteiger charge is -2.10. The van der Waals surface area contributed by atoms with Crippen LogP contribution < -0.4 is 20.1 Å². The summed E-state index contributed by atoms with van der Waals surface area (Å²) in [6.07, 6.45) is 1.91. The van der Waals surface area contributed by atoms with Crippen molar-refractivity contribution in [1.82, 2.24) is 20.6 Å². The van der Waals surface area contributed by atoms with Crippen LogP contribution in [0.15, 0.2) is 23.2 Å². The molecule has 0 atom stereocenters. The zero-order chi connectivity index (χ0) is 21.5. The Balaban J connectivity index is 0.00000341. The van der Waals surface area contributed by atoms with Crippen LogP contribution in [-0.4, -0.2) is 43.2 Å². The smallest absolute Gasteiger partial charge is 0.191 e. The highest BCUT2D eigenvalue weighted by molar-refractivity contribution is 14.0. The van der Waals surface area contributed by atoms with Crippen molar-refractivity contribution in [1.29, 1.82) is 0 Å². The van der Waals surface area contributed by atoms with E-state index < -0.39 is 0 Å². The number of aromatic amines is 1. The van der Waals surface area contributed by atoms with Gasteiger partial charge in [-0.3, -0.25) is 0 Å². The van der Waals surface area contributed by atoms with E-state index in [-0.39, 0.29) is 24.0 Å². The number of aryl methyl sites for hydroxylation is 3. The molecule has 1 aromatic carbocycles. The third-order valence-corrected chi connectivity index (χ3v) is 5.95. The third-order valence-electron chi connectivity index (χ3n) is 4.89. The Labute approximate surface area is 205 Å². The van der Waals surface area contributed by atoms with Gasteiger partial charge in [-0.2, -0.15) is 0 Å². The minimum atomic E-state index is 0. The van der Waals surface area contributed by atoms with E-state index in [9.17, 15) is 0 Å². The molecule has 0 aliphatic rings. The summed E-state index contributed by atoms with van der Waals surface area (Å²) < 4.78 is 10.8. The summed E-state index contributed by atoms with van der Waals surface area (Å²) in [4.78, 5) is 13.9. The summed E-state index contributed by atoms with van der Waals surface area (Å²) in [6, 6.07) is 6.06. The van der Waals surface area contributed by atoms with Gasteiger partial charge >= 0.3 is 0 Å². The number of methoxy groups -OCH3 is 2. The molecular weight excluding hydrogens is 525 g/mol. The molecule has 0 radical (unpaired) electrons. The molecule has 0 bridgehead atoms. The molecule has 0 aliphatic carbocycles. The quantitative estimate of drug-likeness (QED) is 0.156. The summed E-state index contributed by atoms with van der Waals surface area (Å²) >= 11 is 1.71. The number of thiazole rings is 1. The summed E-state index contributed by atoms with van der Waals surface area (Å²) in [5.74, 6) is 2.43. The van der Waals surface area contributed by atoms with Gasteiger partial charge in [0.25, 0.3) is 0 Å². The monoisotopic (exact) mass is 557 g/mol. The second-order valence-electron chi connectivity index (χ2n) is 7.06. The van der Waals surface area contributed by atoms with E-state index in [4.69, 9.17) is 9.47 Å². The lowest BCUT2D eigenvalue weighted by atomic mass is 10.2. The Hall–Kier alpha value is -2.01. The summed E-state index contributed by atoms with van der Waals surface area (Å²) in [5.41, 5.74) is 3.29. The molecule has 2 heterocycles. The maximum absolute atomic E-state index is 5.50. The number of aromatic nitrogens is 2. The van der Waals surface area contributed by atoms with Crippen molar-refractivity contribution in [2.24, 2.45) is 4.99 Å². The van der Waals surface area contributed by atoms with Gasteiger partial charge in [-0.05, 0) is 39.7 Å². The number of hydrogen-bond acceptors (Lipinski definition) is 5. The van der Waals surface area contributed by atoms with E-state index in [1.807, 2.05) is 19.1 Å². The topological polar surface area (TPSA) is 83.6 Å². The van der Waals surface area contributed by atoms with E-state index in [1.54, 1.807) is 25.6 Å². The lowest BCUT2D eigenvalue weighted by Crippen LogP contribution is -2.37. The number of nitrogens with zero attached hydrogens (tertiary/aromatic N) is 2. The molecule has 2 aromatic heterocycles. The first-order valence-corrected chi connectivity index (χ1v) is 11.0. The van der Waals surface area contributed by atoms with Gasteiger partial charge in [-0.25, -0.2) is 9.98 Å². The van der Waals surface area contributed by atoms with Crippen molar-refractivity contribution >= 4 is 52.2 Å². The van der Waals surface area contributed by atoms with Gasteiger partial charge in [-0.15, -0.1) is 35.3 Å². The first kappa shape index (κ1) is 25.3.